The molecule has 0 aliphatic carbocycles. The molecule has 0 aliphatic heterocycles. The smallest absolute Gasteiger partial charge is 0.271 e. The number of carbonyl (C=O) groups is 1. The van der Waals surface area contributed by atoms with Crippen molar-refractivity contribution >= 4 is 5.91 Å². The fraction of sp³-hybridized carbons (Fsp3) is 0.200. The number of hydrogen-bond donors (Lipinski definition) is 1. The molecule has 2 aromatic heterocycles. The number of methoxy groups -OCH3 is 1. The van der Waals surface area contributed by atoms with Crippen molar-refractivity contribution in [1.29, 1.82) is 0 Å². The summed E-state index contributed by atoms with van der Waals surface area (Å²) in [5, 5.41) is 6.87. The van der Waals surface area contributed by atoms with Crippen molar-refractivity contribution in [2.45, 2.75) is 13.1 Å². The van der Waals surface area contributed by atoms with Crippen LogP contribution >= 0.6 is 0 Å². The van der Waals surface area contributed by atoms with E-state index in [1.54, 1.807) is 18.3 Å². The van der Waals surface area contributed by atoms with Crippen LogP contribution in [-0.4, -0.2) is 34.4 Å². The SMILES string of the molecule is COc1ccc(CNC(=O)c2ccc(=O)n(CCOc3ccccc3)n2)cn1. The highest BCUT2D eigenvalue weighted by molar-refractivity contribution is 5.91. The first-order valence-electron chi connectivity index (χ1n) is 8.69. The number of para-hydroxylation sites is 1. The Morgan fingerprint density at radius 1 is 1.11 bits per heavy atom. The second kappa shape index (κ2) is 9.31. The standard InChI is InChI=1S/C20H20N4O4/c1-27-18-9-7-15(13-21-18)14-22-20(26)17-8-10-19(25)24(23-17)11-12-28-16-5-3-2-4-6-16/h2-10,13H,11-12,14H2,1H3,(H,22,26). The number of carbonyl (C=O) groups excluding carboxylic acids is 1. The van der Waals surface area contributed by atoms with E-state index in [0.717, 1.165) is 5.56 Å². The molecule has 1 amide bonds. The maximum Gasteiger partial charge on any atom is 0.271 e. The van der Waals surface area contributed by atoms with E-state index in [1.807, 2.05) is 30.3 Å². The van der Waals surface area contributed by atoms with Crippen molar-refractivity contribution in [2.75, 3.05) is 13.7 Å². The van der Waals surface area contributed by atoms with Crippen molar-refractivity contribution < 1.29 is 14.3 Å². The summed E-state index contributed by atoms with van der Waals surface area (Å²) in [4.78, 5) is 28.4. The van der Waals surface area contributed by atoms with Crippen molar-refractivity contribution in [3.05, 3.63) is 82.4 Å². The lowest BCUT2D eigenvalue weighted by Gasteiger charge is -2.09. The third-order valence-corrected chi connectivity index (χ3v) is 3.87. The molecule has 0 saturated carbocycles. The van der Waals surface area contributed by atoms with E-state index in [1.165, 1.54) is 23.9 Å². The van der Waals surface area contributed by atoms with Gasteiger partial charge >= 0.3 is 0 Å². The Labute approximate surface area is 161 Å². The van der Waals surface area contributed by atoms with Gasteiger partial charge in [-0.1, -0.05) is 24.3 Å². The van der Waals surface area contributed by atoms with Gasteiger partial charge in [0.15, 0.2) is 0 Å². The molecule has 2 heterocycles. The van der Waals surface area contributed by atoms with E-state index in [0.29, 0.717) is 11.6 Å². The molecular weight excluding hydrogens is 360 g/mol. The van der Waals surface area contributed by atoms with Gasteiger partial charge in [-0.2, -0.15) is 5.10 Å². The minimum atomic E-state index is -0.381. The molecule has 0 radical (unpaired) electrons. The second-order valence-corrected chi connectivity index (χ2v) is 5.83. The summed E-state index contributed by atoms with van der Waals surface area (Å²) >= 11 is 0. The molecule has 144 valence electrons. The monoisotopic (exact) mass is 380 g/mol. The van der Waals surface area contributed by atoms with Crippen LogP contribution < -0.4 is 20.3 Å². The van der Waals surface area contributed by atoms with Crippen molar-refractivity contribution in [2.24, 2.45) is 0 Å². The van der Waals surface area contributed by atoms with Gasteiger partial charge in [0.1, 0.15) is 18.1 Å². The highest BCUT2D eigenvalue weighted by Gasteiger charge is 2.10. The molecule has 0 spiro atoms. The summed E-state index contributed by atoms with van der Waals surface area (Å²) in [6, 6.07) is 15.5. The molecule has 28 heavy (non-hydrogen) atoms. The minimum absolute atomic E-state index is 0.154. The molecule has 8 heteroatoms. The summed E-state index contributed by atoms with van der Waals surface area (Å²) in [7, 11) is 1.54. The van der Waals surface area contributed by atoms with Crippen molar-refractivity contribution in [3.8, 4) is 11.6 Å². The van der Waals surface area contributed by atoms with Crippen LogP contribution in [0.4, 0.5) is 0 Å². The number of benzene rings is 1. The zero-order valence-corrected chi connectivity index (χ0v) is 15.4. The Morgan fingerprint density at radius 3 is 2.64 bits per heavy atom. The molecular formula is C20H20N4O4. The van der Waals surface area contributed by atoms with Crippen LogP contribution in [0, 0.1) is 0 Å². The van der Waals surface area contributed by atoms with Gasteiger partial charge in [-0.05, 0) is 23.8 Å². The third-order valence-electron chi connectivity index (χ3n) is 3.87. The number of aromatic nitrogens is 3. The normalized spacial score (nSPS) is 10.3. The molecule has 0 fully saturated rings. The molecule has 0 atom stereocenters. The maximum atomic E-state index is 12.3. The quantitative estimate of drug-likeness (QED) is 0.639. The lowest BCUT2D eigenvalue weighted by molar-refractivity contribution is 0.0943. The Bertz CT molecular complexity index is 972. The van der Waals surface area contributed by atoms with Crippen LogP contribution in [0.25, 0.3) is 0 Å². The van der Waals surface area contributed by atoms with Crippen LogP contribution in [0.2, 0.25) is 0 Å². The van der Waals surface area contributed by atoms with Gasteiger partial charge in [0.25, 0.3) is 11.5 Å². The van der Waals surface area contributed by atoms with Crippen molar-refractivity contribution in [1.82, 2.24) is 20.1 Å². The number of rotatable bonds is 8. The van der Waals surface area contributed by atoms with Gasteiger partial charge in [-0.15, -0.1) is 0 Å². The van der Waals surface area contributed by atoms with E-state index in [-0.39, 0.29) is 36.9 Å². The third kappa shape index (κ3) is 5.16. The van der Waals surface area contributed by atoms with Gasteiger partial charge in [0.05, 0.1) is 13.7 Å². The average Bonchev–Trinajstić information content (AvgIpc) is 2.74. The van der Waals surface area contributed by atoms with Gasteiger partial charge in [0.2, 0.25) is 5.88 Å². The van der Waals surface area contributed by atoms with E-state index in [4.69, 9.17) is 9.47 Å². The largest absolute Gasteiger partial charge is 0.492 e. The first kappa shape index (κ1) is 19.1. The summed E-state index contributed by atoms with van der Waals surface area (Å²) in [6.45, 7) is 0.782. The Kier molecular flexibility index (Phi) is 6.35. The second-order valence-electron chi connectivity index (χ2n) is 5.83. The highest BCUT2D eigenvalue weighted by Crippen LogP contribution is 2.08. The first-order chi connectivity index (χ1) is 13.7. The van der Waals surface area contributed by atoms with Gasteiger partial charge in [-0.3, -0.25) is 9.59 Å². The molecule has 1 aromatic carbocycles. The number of nitrogens with zero attached hydrogens (tertiary/aromatic N) is 3. The minimum Gasteiger partial charge on any atom is -0.492 e. The molecule has 3 aromatic rings. The Hall–Kier alpha value is -3.68. The predicted molar refractivity (Wildman–Crippen MR) is 102 cm³/mol. The van der Waals surface area contributed by atoms with E-state index in [9.17, 15) is 9.59 Å². The van der Waals surface area contributed by atoms with Gasteiger partial charge < -0.3 is 14.8 Å². The molecule has 1 N–H and O–H groups in total. The fourth-order valence-corrected chi connectivity index (χ4v) is 2.41. The summed E-state index contributed by atoms with van der Waals surface area (Å²) in [6.07, 6.45) is 1.62. The van der Waals surface area contributed by atoms with Crippen LogP contribution in [0.5, 0.6) is 11.6 Å². The van der Waals surface area contributed by atoms with E-state index in [2.05, 4.69) is 15.4 Å². The van der Waals surface area contributed by atoms with E-state index >= 15 is 0 Å². The fourth-order valence-electron chi connectivity index (χ4n) is 2.41. The number of amides is 1. The predicted octanol–water partition coefficient (Wildman–Crippen LogP) is 1.66. The molecule has 8 nitrogen and oxygen atoms in total. The topological polar surface area (TPSA) is 95.3 Å². The molecule has 0 unspecified atom stereocenters. The van der Waals surface area contributed by atoms with Crippen LogP contribution in [0.15, 0.2) is 65.6 Å². The van der Waals surface area contributed by atoms with Crippen LogP contribution in [0.1, 0.15) is 16.1 Å². The number of hydrogen-bond acceptors (Lipinski definition) is 6. The van der Waals surface area contributed by atoms with Crippen LogP contribution in [-0.2, 0) is 13.1 Å². The zero-order valence-electron chi connectivity index (χ0n) is 15.4. The highest BCUT2D eigenvalue weighted by atomic mass is 16.5. The summed E-state index contributed by atoms with van der Waals surface area (Å²) < 4.78 is 11.8. The molecule has 0 bridgehead atoms. The van der Waals surface area contributed by atoms with Gasteiger partial charge in [0, 0.05) is 24.9 Å². The lowest BCUT2D eigenvalue weighted by atomic mass is 10.2. The first-order valence-corrected chi connectivity index (χ1v) is 8.69. The average molecular weight is 380 g/mol. The molecule has 0 saturated heterocycles. The Balaban J connectivity index is 1.57. The van der Waals surface area contributed by atoms with E-state index < -0.39 is 0 Å². The summed E-state index contributed by atoms with van der Waals surface area (Å²) in [5.41, 5.74) is 0.673. The molecule has 3 rings (SSSR count). The van der Waals surface area contributed by atoms with Crippen molar-refractivity contribution in [3.63, 3.8) is 0 Å². The number of pyridine rings is 1. The van der Waals surface area contributed by atoms with Gasteiger partial charge in [-0.25, -0.2) is 9.67 Å². The molecule has 0 aliphatic rings. The number of nitrogens with one attached hydrogen (secondary N) is 1. The summed E-state index contributed by atoms with van der Waals surface area (Å²) in [5.74, 6) is 0.827. The maximum absolute atomic E-state index is 12.3. The number of ether oxygens (including phenoxy) is 2. The Morgan fingerprint density at radius 2 is 1.93 bits per heavy atom. The van der Waals surface area contributed by atoms with Crippen LogP contribution in [0.3, 0.4) is 0 Å². The lowest BCUT2D eigenvalue weighted by Crippen LogP contribution is -2.30. The zero-order chi connectivity index (χ0) is 19.8.